The lowest BCUT2D eigenvalue weighted by atomic mass is 10.2. The summed E-state index contributed by atoms with van der Waals surface area (Å²) in [6.45, 7) is 3.32. The minimum Gasteiger partial charge on any atom is -0.298 e. The second kappa shape index (κ2) is 7.92. The number of hydrogen-bond acceptors (Lipinski definition) is 5. The molecule has 1 aromatic heterocycles. The molecule has 148 valence electrons. The summed E-state index contributed by atoms with van der Waals surface area (Å²) < 4.78 is 41.2. The van der Waals surface area contributed by atoms with Gasteiger partial charge in [0.2, 0.25) is 10.0 Å². The number of anilines is 1. The number of nitrogens with one attached hydrogen (secondary N) is 2. The van der Waals surface area contributed by atoms with E-state index in [1.807, 2.05) is 0 Å². The van der Waals surface area contributed by atoms with Crippen LogP contribution in [0, 0.1) is 5.82 Å². The number of hydrogen-bond donors (Lipinski definition) is 2. The van der Waals surface area contributed by atoms with Crippen LogP contribution in [0.2, 0.25) is 10.0 Å². The lowest BCUT2D eigenvalue weighted by Gasteiger charge is -2.13. The molecule has 0 aliphatic carbocycles. The van der Waals surface area contributed by atoms with Gasteiger partial charge < -0.3 is 0 Å². The van der Waals surface area contributed by atoms with Gasteiger partial charge in [0.05, 0.1) is 25.8 Å². The lowest BCUT2D eigenvalue weighted by Crippen LogP contribution is -2.30. The maximum absolute atomic E-state index is 13.3. The van der Waals surface area contributed by atoms with Crippen molar-refractivity contribution in [3.63, 3.8) is 0 Å². The molecule has 1 heterocycles. The Morgan fingerprint density at radius 1 is 1.18 bits per heavy atom. The smallest absolute Gasteiger partial charge is 0.259 e. The van der Waals surface area contributed by atoms with Gasteiger partial charge in [-0.2, -0.15) is 0 Å². The minimum absolute atomic E-state index is 0.0156. The molecule has 6 nitrogen and oxygen atoms in total. The summed E-state index contributed by atoms with van der Waals surface area (Å²) in [5.74, 6) is -1.08. The number of amides is 1. The molecule has 1 amide bonds. The predicted molar refractivity (Wildman–Crippen MR) is 109 cm³/mol. The van der Waals surface area contributed by atoms with Crippen LogP contribution >= 0.6 is 34.5 Å². The van der Waals surface area contributed by atoms with Crippen molar-refractivity contribution < 1.29 is 17.6 Å². The highest BCUT2D eigenvalue weighted by Crippen LogP contribution is 2.31. The number of nitrogens with zero attached hydrogens (tertiary/aromatic N) is 1. The third kappa shape index (κ3) is 4.44. The van der Waals surface area contributed by atoms with Crippen molar-refractivity contribution in [1.29, 1.82) is 0 Å². The van der Waals surface area contributed by atoms with Crippen molar-refractivity contribution in [3.8, 4) is 0 Å². The van der Waals surface area contributed by atoms with E-state index in [-0.39, 0.29) is 31.7 Å². The fourth-order valence-corrected chi connectivity index (χ4v) is 5.39. The van der Waals surface area contributed by atoms with Crippen LogP contribution in [0.5, 0.6) is 0 Å². The number of halogens is 3. The van der Waals surface area contributed by atoms with Crippen LogP contribution in [0.25, 0.3) is 10.2 Å². The minimum atomic E-state index is -3.94. The molecule has 2 aromatic carbocycles. The second-order valence-electron chi connectivity index (χ2n) is 6.12. The number of fused-ring (bicyclic) bond motifs is 1. The fraction of sp³-hybridized carbons (Fsp3) is 0.176. The molecule has 3 rings (SSSR count). The highest BCUT2D eigenvalue weighted by Gasteiger charge is 2.23. The van der Waals surface area contributed by atoms with E-state index < -0.39 is 21.7 Å². The molecule has 0 bridgehead atoms. The van der Waals surface area contributed by atoms with Crippen LogP contribution in [0.4, 0.5) is 9.52 Å². The summed E-state index contributed by atoms with van der Waals surface area (Å²) >= 11 is 13.2. The van der Waals surface area contributed by atoms with E-state index in [9.17, 15) is 17.6 Å². The molecule has 0 aliphatic rings. The van der Waals surface area contributed by atoms with E-state index >= 15 is 0 Å². The molecule has 0 unspecified atom stereocenters. The Morgan fingerprint density at radius 2 is 1.89 bits per heavy atom. The highest BCUT2D eigenvalue weighted by molar-refractivity contribution is 7.89. The average molecular weight is 462 g/mol. The predicted octanol–water partition coefficient (Wildman–Crippen LogP) is 4.68. The van der Waals surface area contributed by atoms with Gasteiger partial charge >= 0.3 is 0 Å². The molecule has 2 N–H and O–H groups in total. The van der Waals surface area contributed by atoms with Gasteiger partial charge in [-0.25, -0.2) is 22.5 Å². The van der Waals surface area contributed by atoms with Crippen LogP contribution in [0.15, 0.2) is 35.2 Å². The van der Waals surface area contributed by atoms with Gasteiger partial charge in [-0.1, -0.05) is 34.5 Å². The Hall–Kier alpha value is -1.78. The first-order valence-electron chi connectivity index (χ1n) is 7.95. The molecule has 0 saturated carbocycles. The van der Waals surface area contributed by atoms with Crippen molar-refractivity contribution in [2.45, 2.75) is 24.8 Å². The van der Waals surface area contributed by atoms with Crippen LogP contribution < -0.4 is 10.0 Å². The van der Waals surface area contributed by atoms with E-state index in [4.69, 9.17) is 23.2 Å². The molecular formula is C17H14Cl2FN3O3S2. The van der Waals surface area contributed by atoms with Crippen molar-refractivity contribution in [1.82, 2.24) is 9.71 Å². The van der Waals surface area contributed by atoms with Crippen molar-refractivity contribution in [3.05, 3.63) is 51.8 Å². The van der Waals surface area contributed by atoms with Gasteiger partial charge in [0.15, 0.2) is 5.13 Å². The summed E-state index contributed by atoms with van der Waals surface area (Å²) in [7, 11) is -3.94. The molecule has 0 spiro atoms. The largest absolute Gasteiger partial charge is 0.298 e. The quantitative estimate of drug-likeness (QED) is 0.576. The third-order valence-corrected chi connectivity index (χ3v) is 6.89. The maximum atomic E-state index is 13.3. The van der Waals surface area contributed by atoms with Crippen molar-refractivity contribution in [2.75, 3.05) is 5.32 Å². The van der Waals surface area contributed by atoms with Crippen LogP contribution in [0.1, 0.15) is 24.2 Å². The Bertz CT molecular complexity index is 1180. The van der Waals surface area contributed by atoms with Gasteiger partial charge in [0.25, 0.3) is 5.91 Å². The first-order valence-corrected chi connectivity index (χ1v) is 11.0. The van der Waals surface area contributed by atoms with E-state index in [0.717, 1.165) is 17.4 Å². The highest BCUT2D eigenvalue weighted by atomic mass is 35.5. The molecule has 0 aliphatic heterocycles. The van der Waals surface area contributed by atoms with Gasteiger partial charge in [0.1, 0.15) is 10.7 Å². The Kier molecular flexibility index (Phi) is 5.92. The second-order valence-corrected chi connectivity index (χ2v) is 9.65. The average Bonchev–Trinajstić information content (AvgIpc) is 2.94. The summed E-state index contributed by atoms with van der Waals surface area (Å²) in [6.07, 6.45) is 0. The number of benzene rings is 2. The topological polar surface area (TPSA) is 88.2 Å². The third-order valence-electron chi connectivity index (χ3n) is 3.52. The van der Waals surface area contributed by atoms with E-state index in [2.05, 4.69) is 15.0 Å². The van der Waals surface area contributed by atoms with Crippen molar-refractivity contribution in [2.24, 2.45) is 0 Å². The summed E-state index contributed by atoms with van der Waals surface area (Å²) in [4.78, 5) is 16.6. The standard InChI is InChI=1S/C17H14Cl2FN3O3S2/c1-8(2)23-28(25,26)15-6-10(11(18)7-12(15)19)16(24)22-17-21-13-4-3-9(20)5-14(13)27-17/h3-8,23H,1-2H3,(H,21,22,24). The normalized spacial score (nSPS) is 11.9. The van der Waals surface area contributed by atoms with Gasteiger partial charge in [-0.15, -0.1) is 0 Å². The SMILES string of the molecule is CC(C)NS(=O)(=O)c1cc(C(=O)Nc2nc3ccc(F)cc3s2)c(Cl)cc1Cl. The van der Waals surface area contributed by atoms with Crippen LogP contribution in [-0.2, 0) is 10.0 Å². The van der Waals surface area contributed by atoms with Gasteiger partial charge in [0, 0.05) is 6.04 Å². The maximum Gasteiger partial charge on any atom is 0.259 e. The molecule has 11 heteroatoms. The number of rotatable bonds is 5. The Balaban J connectivity index is 1.95. The molecule has 0 atom stereocenters. The van der Waals surface area contributed by atoms with E-state index in [1.54, 1.807) is 13.8 Å². The zero-order valence-electron chi connectivity index (χ0n) is 14.6. The lowest BCUT2D eigenvalue weighted by molar-refractivity contribution is 0.102. The molecule has 0 saturated heterocycles. The van der Waals surface area contributed by atoms with Crippen molar-refractivity contribution >= 4 is 65.8 Å². The van der Waals surface area contributed by atoms with Crippen LogP contribution in [0.3, 0.4) is 0 Å². The summed E-state index contributed by atoms with van der Waals surface area (Å²) in [5.41, 5.74) is 0.439. The van der Waals surface area contributed by atoms with Gasteiger partial charge in [-0.05, 0) is 44.2 Å². The number of sulfonamides is 1. The van der Waals surface area contributed by atoms with E-state index in [1.165, 1.54) is 24.3 Å². The zero-order chi connectivity index (χ0) is 20.6. The Labute approximate surface area is 174 Å². The first kappa shape index (κ1) is 20.9. The monoisotopic (exact) mass is 461 g/mol. The van der Waals surface area contributed by atoms with Crippen LogP contribution in [-0.4, -0.2) is 25.4 Å². The summed E-state index contributed by atoms with van der Waals surface area (Å²) in [5, 5.41) is 2.65. The molecule has 28 heavy (non-hydrogen) atoms. The number of carbonyl (C=O) groups excluding carboxylic acids is 1. The molecule has 3 aromatic rings. The first-order chi connectivity index (χ1) is 13.1. The zero-order valence-corrected chi connectivity index (χ0v) is 17.7. The fourth-order valence-electron chi connectivity index (χ4n) is 2.40. The number of aromatic nitrogens is 1. The molecule has 0 fully saturated rings. The molecular weight excluding hydrogens is 448 g/mol. The number of thiazole rings is 1. The molecule has 0 radical (unpaired) electrons. The number of carbonyl (C=O) groups is 1. The summed E-state index contributed by atoms with van der Waals surface area (Å²) in [6, 6.07) is 6.01. The van der Waals surface area contributed by atoms with E-state index in [0.29, 0.717) is 10.2 Å². The van der Waals surface area contributed by atoms with Gasteiger partial charge in [-0.3, -0.25) is 10.1 Å². The Morgan fingerprint density at radius 3 is 2.57 bits per heavy atom.